The molecule has 4 aromatic carbocycles. The molecular formula is C31H25N3S. The van der Waals surface area contributed by atoms with Crippen molar-refractivity contribution in [1.82, 2.24) is 0 Å². The van der Waals surface area contributed by atoms with Gasteiger partial charge in [-0.1, -0.05) is 72.8 Å². The van der Waals surface area contributed by atoms with Gasteiger partial charge in [-0.2, -0.15) is 0 Å². The van der Waals surface area contributed by atoms with Crippen LogP contribution in [0.2, 0.25) is 0 Å². The second kappa shape index (κ2) is 8.10. The Morgan fingerprint density at radius 1 is 0.571 bits per heavy atom. The van der Waals surface area contributed by atoms with E-state index in [0.717, 1.165) is 12.8 Å². The summed E-state index contributed by atoms with van der Waals surface area (Å²) >= 11 is 1.92. The summed E-state index contributed by atoms with van der Waals surface area (Å²) in [5.41, 5.74) is 7.37. The molecule has 4 heteroatoms. The molecule has 0 aromatic heterocycles. The van der Waals surface area contributed by atoms with Crippen molar-refractivity contribution in [1.29, 1.82) is 0 Å². The van der Waals surface area contributed by atoms with Crippen LogP contribution in [0.25, 0.3) is 0 Å². The van der Waals surface area contributed by atoms with Gasteiger partial charge in [-0.25, -0.2) is 0 Å². The Labute approximate surface area is 210 Å². The van der Waals surface area contributed by atoms with E-state index in [9.17, 15) is 0 Å². The van der Waals surface area contributed by atoms with Crippen LogP contribution in [0.5, 0.6) is 0 Å². The van der Waals surface area contributed by atoms with E-state index in [1.165, 1.54) is 39.0 Å². The summed E-state index contributed by atoms with van der Waals surface area (Å²) in [6.45, 7) is 0. The number of rotatable bonds is 3. The molecule has 1 unspecified atom stereocenters. The summed E-state index contributed by atoms with van der Waals surface area (Å²) in [5, 5.41) is -0.562. The number of benzene rings is 4. The monoisotopic (exact) mass is 471 g/mol. The zero-order valence-corrected chi connectivity index (χ0v) is 20.1. The fraction of sp³-hybridized carbons (Fsp3) is 0.0968. The molecule has 2 aliphatic heterocycles. The molecule has 0 fully saturated rings. The number of fused-ring (bicyclic) bond motifs is 2. The largest absolute Gasteiger partial charge is 0.293 e. The van der Waals surface area contributed by atoms with Crippen molar-refractivity contribution >= 4 is 40.2 Å². The molecule has 170 valence electrons. The molecule has 0 N–H and O–H groups in total. The van der Waals surface area contributed by atoms with E-state index in [4.69, 9.17) is 0 Å². The second-order valence-corrected chi connectivity index (χ2v) is 10.1. The third kappa shape index (κ3) is 3.00. The van der Waals surface area contributed by atoms with Crippen LogP contribution < -0.4 is 14.7 Å². The van der Waals surface area contributed by atoms with Gasteiger partial charge in [0.25, 0.3) is 5.12 Å². The van der Waals surface area contributed by atoms with Gasteiger partial charge in [-0.3, -0.25) is 14.7 Å². The number of nitrogens with zero attached hydrogens (tertiary/aromatic N) is 3. The molecule has 0 bridgehead atoms. The van der Waals surface area contributed by atoms with Crippen molar-refractivity contribution in [2.45, 2.75) is 22.9 Å². The highest BCUT2D eigenvalue weighted by Crippen LogP contribution is 2.65. The van der Waals surface area contributed by atoms with Crippen LogP contribution >= 0.6 is 11.8 Å². The fourth-order valence-electron chi connectivity index (χ4n) is 5.51. The van der Waals surface area contributed by atoms with Crippen LogP contribution in [-0.4, -0.2) is 5.12 Å². The molecule has 2 heterocycles. The first-order valence-electron chi connectivity index (χ1n) is 12.1. The van der Waals surface area contributed by atoms with E-state index in [1.807, 2.05) is 11.8 Å². The first-order valence-corrected chi connectivity index (χ1v) is 12.9. The molecule has 4 aromatic rings. The van der Waals surface area contributed by atoms with Crippen molar-refractivity contribution in [2.24, 2.45) is 0 Å². The van der Waals surface area contributed by atoms with E-state index in [-0.39, 0.29) is 0 Å². The van der Waals surface area contributed by atoms with Crippen molar-refractivity contribution in [3.63, 3.8) is 0 Å². The summed E-state index contributed by atoms with van der Waals surface area (Å²) < 4.78 is 0. The lowest BCUT2D eigenvalue weighted by molar-refractivity contribution is 0.616. The highest BCUT2D eigenvalue weighted by atomic mass is 32.2. The van der Waals surface area contributed by atoms with Crippen LogP contribution in [0, 0.1) is 0 Å². The Morgan fingerprint density at radius 3 is 1.74 bits per heavy atom. The number of thioether (sulfide) groups is 1. The first kappa shape index (κ1) is 20.5. The molecule has 0 saturated heterocycles. The lowest BCUT2D eigenvalue weighted by Gasteiger charge is -2.49. The number of anilines is 5. The molecule has 1 aliphatic carbocycles. The van der Waals surface area contributed by atoms with Gasteiger partial charge in [0.15, 0.2) is 0 Å². The summed E-state index contributed by atoms with van der Waals surface area (Å²) in [6.07, 6.45) is 8.82. The molecule has 0 saturated carbocycles. The SMILES string of the molecule is C1=CCCC(N2c3ccccc3N(c3ccccc3)C23Sc2ccccc2N3c2ccccc2)=C1. The Bertz CT molecular complexity index is 1400. The summed E-state index contributed by atoms with van der Waals surface area (Å²) in [4.78, 5) is 8.91. The van der Waals surface area contributed by atoms with Crippen molar-refractivity contribution in [3.05, 3.63) is 133 Å². The van der Waals surface area contributed by atoms with E-state index in [2.05, 4.69) is 142 Å². The number of allylic oxidation sites excluding steroid dienone is 4. The van der Waals surface area contributed by atoms with Crippen molar-refractivity contribution < 1.29 is 0 Å². The predicted molar refractivity (Wildman–Crippen MR) is 148 cm³/mol. The minimum Gasteiger partial charge on any atom is -0.293 e. The molecular weight excluding hydrogens is 446 g/mol. The number of hydrogen-bond donors (Lipinski definition) is 0. The minimum absolute atomic E-state index is 0.562. The van der Waals surface area contributed by atoms with Gasteiger partial charge in [0, 0.05) is 22.0 Å². The van der Waals surface area contributed by atoms with E-state index < -0.39 is 5.12 Å². The zero-order valence-electron chi connectivity index (χ0n) is 19.3. The molecule has 1 spiro atoms. The highest BCUT2D eigenvalue weighted by molar-refractivity contribution is 8.01. The number of para-hydroxylation sites is 5. The van der Waals surface area contributed by atoms with Crippen LogP contribution in [-0.2, 0) is 0 Å². The van der Waals surface area contributed by atoms with E-state index >= 15 is 0 Å². The summed E-state index contributed by atoms with van der Waals surface area (Å²) in [6, 6.07) is 39.3. The molecule has 0 radical (unpaired) electrons. The van der Waals surface area contributed by atoms with Gasteiger partial charge in [-0.05, 0) is 79.2 Å². The maximum absolute atomic E-state index is 2.58. The maximum atomic E-state index is 2.58. The van der Waals surface area contributed by atoms with Gasteiger partial charge < -0.3 is 0 Å². The van der Waals surface area contributed by atoms with Crippen molar-refractivity contribution in [3.8, 4) is 0 Å². The fourth-order valence-corrected chi connectivity index (χ4v) is 7.11. The molecule has 3 aliphatic rings. The third-order valence-corrected chi connectivity index (χ3v) is 8.29. The lowest BCUT2D eigenvalue weighted by atomic mass is 10.1. The lowest BCUT2D eigenvalue weighted by Crippen LogP contribution is -2.61. The summed E-state index contributed by atoms with van der Waals surface area (Å²) in [5.74, 6) is 0. The Balaban J connectivity index is 1.57. The molecule has 7 rings (SSSR count). The van der Waals surface area contributed by atoms with Gasteiger partial charge in [0.1, 0.15) is 0 Å². The molecule has 3 nitrogen and oxygen atoms in total. The quantitative estimate of drug-likeness (QED) is 0.296. The molecule has 0 amide bonds. The zero-order chi connectivity index (χ0) is 23.2. The number of hydrogen-bond acceptors (Lipinski definition) is 4. The average Bonchev–Trinajstić information content (AvgIpc) is 3.41. The average molecular weight is 472 g/mol. The topological polar surface area (TPSA) is 9.72 Å². The summed E-state index contributed by atoms with van der Waals surface area (Å²) in [7, 11) is 0. The van der Waals surface area contributed by atoms with Crippen LogP contribution in [0.1, 0.15) is 12.8 Å². The van der Waals surface area contributed by atoms with Crippen LogP contribution in [0.15, 0.2) is 138 Å². The Hall–Kier alpha value is -3.89. The van der Waals surface area contributed by atoms with Gasteiger partial charge in [0.05, 0.1) is 17.1 Å². The van der Waals surface area contributed by atoms with Crippen molar-refractivity contribution in [2.75, 3.05) is 14.7 Å². The van der Waals surface area contributed by atoms with Gasteiger partial charge in [-0.15, -0.1) is 0 Å². The normalized spacial score (nSPS) is 20.2. The minimum atomic E-state index is -0.562. The second-order valence-electron chi connectivity index (χ2n) is 8.93. The first-order chi connectivity index (χ1) is 17.4. The molecule has 35 heavy (non-hydrogen) atoms. The predicted octanol–water partition coefficient (Wildman–Crippen LogP) is 8.43. The molecule has 1 atom stereocenters. The van der Waals surface area contributed by atoms with E-state index in [1.54, 1.807) is 0 Å². The Morgan fingerprint density at radius 2 is 1.11 bits per heavy atom. The van der Waals surface area contributed by atoms with Gasteiger partial charge in [0.2, 0.25) is 0 Å². The van der Waals surface area contributed by atoms with Gasteiger partial charge >= 0.3 is 0 Å². The highest BCUT2D eigenvalue weighted by Gasteiger charge is 2.60. The van der Waals surface area contributed by atoms with Crippen LogP contribution in [0.3, 0.4) is 0 Å². The standard InChI is InChI=1S/C31H25N3S/c1-4-14-24(15-5-1)32-27-20-10-11-21-28(27)33(25-16-6-2-7-17-25)31(32)34(26-18-8-3-9-19-26)29-22-12-13-23-30(29)35-31/h1-6,8-16,18-23H,7,17H2. The van der Waals surface area contributed by atoms with Crippen LogP contribution in [0.4, 0.5) is 28.4 Å². The smallest absolute Gasteiger partial charge is 0.261 e. The van der Waals surface area contributed by atoms with E-state index in [0.29, 0.717) is 0 Å². The Kier molecular flexibility index (Phi) is 4.74. The maximum Gasteiger partial charge on any atom is 0.261 e. The third-order valence-electron chi connectivity index (χ3n) is 6.90.